The van der Waals surface area contributed by atoms with Gasteiger partial charge in [0.25, 0.3) is 0 Å². The summed E-state index contributed by atoms with van der Waals surface area (Å²) in [4.78, 5) is 26.7. The Bertz CT molecular complexity index is 407. The minimum absolute atomic E-state index is 0.0257. The van der Waals surface area contributed by atoms with Gasteiger partial charge in [0.2, 0.25) is 5.91 Å². The van der Waals surface area contributed by atoms with E-state index in [1.54, 1.807) is 0 Å². The standard InChI is InChI=1S/C17H25NO2/c19-15-2-1-4-18(5-3-15)16(20)17-9-12-6-13(10-17)8-14(7-12)11-17/h12-14H,1-11H2. The topological polar surface area (TPSA) is 37.4 Å². The van der Waals surface area contributed by atoms with Crippen LogP contribution in [-0.2, 0) is 9.59 Å². The van der Waals surface area contributed by atoms with E-state index >= 15 is 0 Å². The number of nitrogens with zero attached hydrogens (tertiary/aromatic N) is 1. The van der Waals surface area contributed by atoms with Crippen molar-refractivity contribution in [2.24, 2.45) is 23.2 Å². The van der Waals surface area contributed by atoms with Crippen molar-refractivity contribution in [3.8, 4) is 0 Å². The average molecular weight is 275 g/mol. The highest BCUT2D eigenvalue weighted by molar-refractivity contribution is 5.85. The van der Waals surface area contributed by atoms with Crippen LogP contribution < -0.4 is 0 Å². The number of carbonyl (C=O) groups excluding carboxylic acids is 2. The summed E-state index contributed by atoms with van der Waals surface area (Å²) in [5.41, 5.74) is -0.0257. The van der Waals surface area contributed by atoms with Gasteiger partial charge in [-0.3, -0.25) is 9.59 Å². The van der Waals surface area contributed by atoms with E-state index in [4.69, 9.17) is 0 Å². The molecule has 1 amide bonds. The fourth-order valence-electron chi connectivity index (χ4n) is 5.87. The van der Waals surface area contributed by atoms with Crippen LogP contribution in [0.4, 0.5) is 0 Å². The number of carbonyl (C=O) groups is 2. The number of amides is 1. The first-order valence-electron chi connectivity index (χ1n) is 8.46. The monoisotopic (exact) mass is 275 g/mol. The van der Waals surface area contributed by atoms with Gasteiger partial charge in [0.1, 0.15) is 5.78 Å². The third-order valence-corrected chi connectivity index (χ3v) is 6.32. The van der Waals surface area contributed by atoms with Gasteiger partial charge in [0, 0.05) is 25.9 Å². The van der Waals surface area contributed by atoms with Crippen LogP contribution in [0.25, 0.3) is 0 Å². The smallest absolute Gasteiger partial charge is 0.228 e. The fourth-order valence-corrected chi connectivity index (χ4v) is 5.87. The average Bonchev–Trinajstić information content (AvgIpc) is 2.61. The predicted octanol–water partition coefficient (Wildman–Crippen LogP) is 2.78. The molecule has 1 saturated heterocycles. The van der Waals surface area contributed by atoms with Crippen LogP contribution in [0.2, 0.25) is 0 Å². The molecule has 5 aliphatic rings. The number of ketones is 1. The Morgan fingerprint density at radius 1 is 0.950 bits per heavy atom. The molecule has 4 aliphatic carbocycles. The van der Waals surface area contributed by atoms with E-state index in [-0.39, 0.29) is 5.41 Å². The van der Waals surface area contributed by atoms with Gasteiger partial charge in [-0.25, -0.2) is 0 Å². The van der Waals surface area contributed by atoms with Gasteiger partial charge in [0.05, 0.1) is 5.41 Å². The molecule has 1 aliphatic heterocycles. The van der Waals surface area contributed by atoms with Crippen LogP contribution in [0, 0.1) is 23.2 Å². The molecule has 0 aromatic rings. The van der Waals surface area contributed by atoms with Crippen molar-refractivity contribution in [3.63, 3.8) is 0 Å². The zero-order valence-corrected chi connectivity index (χ0v) is 12.3. The molecule has 1 heterocycles. The lowest BCUT2D eigenvalue weighted by atomic mass is 9.49. The second kappa shape index (κ2) is 4.57. The van der Waals surface area contributed by atoms with Crippen LogP contribution in [0.1, 0.15) is 57.8 Å². The van der Waals surface area contributed by atoms with Crippen molar-refractivity contribution in [2.75, 3.05) is 13.1 Å². The summed E-state index contributed by atoms with van der Waals surface area (Å²) < 4.78 is 0. The Hall–Kier alpha value is -0.860. The van der Waals surface area contributed by atoms with Gasteiger partial charge in [-0.15, -0.1) is 0 Å². The van der Waals surface area contributed by atoms with Gasteiger partial charge in [-0.2, -0.15) is 0 Å². The Kier molecular flexibility index (Phi) is 2.94. The maximum atomic E-state index is 13.1. The fraction of sp³-hybridized carbons (Fsp3) is 0.882. The highest BCUT2D eigenvalue weighted by atomic mass is 16.2. The first-order chi connectivity index (χ1) is 9.64. The summed E-state index contributed by atoms with van der Waals surface area (Å²) in [7, 11) is 0. The maximum absolute atomic E-state index is 13.1. The van der Waals surface area contributed by atoms with E-state index in [0.717, 1.165) is 50.0 Å². The van der Waals surface area contributed by atoms with Gasteiger partial charge < -0.3 is 4.90 Å². The summed E-state index contributed by atoms with van der Waals surface area (Å²) >= 11 is 0. The van der Waals surface area contributed by atoms with Crippen LogP contribution in [-0.4, -0.2) is 29.7 Å². The summed E-state index contributed by atoms with van der Waals surface area (Å²) in [5, 5.41) is 0. The van der Waals surface area contributed by atoms with E-state index in [1.807, 2.05) is 4.90 Å². The summed E-state index contributed by atoms with van der Waals surface area (Å²) in [6.07, 6.45) is 9.69. The third kappa shape index (κ3) is 2.01. The molecule has 0 unspecified atom stereocenters. The lowest BCUT2D eigenvalue weighted by Gasteiger charge is -2.56. The number of Topliss-reactive ketones (excluding diaryl/α,β-unsaturated/α-hetero) is 1. The predicted molar refractivity (Wildman–Crippen MR) is 76.0 cm³/mol. The molecule has 0 radical (unpaired) electrons. The van der Waals surface area contributed by atoms with Crippen molar-refractivity contribution in [1.29, 1.82) is 0 Å². The lowest BCUT2D eigenvalue weighted by molar-refractivity contribution is -0.157. The molecule has 4 bridgehead atoms. The molecular formula is C17H25NO2. The molecule has 3 nitrogen and oxygen atoms in total. The molecule has 4 saturated carbocycles. The van der Waals surface area contributed by atoms with Gasteiger partial charge in [-0.05, 0) is 62.7 Å². The normalized spacial score (nSPS) is 43.7. The van der Waals surface area contributed by atoms with Crippen molar-refractivity contribution in [2.45, 2.75) is 57.8 Å². The first kappa shape index (κ1) is 12.8. The van der Waals surface area contributed by atoms with E-state index in [2.05, 4.69) is 0 Å². The lowest BCUT2D eigenvalue weighted by Crippen LogP contribution is -2.54. The van der Waals surface area contributed by atoms with Gasteiger partial charge in [-0.1, -0.05) is 0 Å². The Morgan fingerprint density at radius 3 is 2.15 bits per heavy atom. The number of hydrogen-bond donors (Lipinski definition) is 0. The van der Waals surface area contributed by atoms with Crippen molar-refractivity contribution >= 4 is 11.7 Å². The molecule has 20 heavy (non-hydrogen) atoms. The quantitative estimate of drug-likeness (QED) is 0.738. The maximum Gasteiger partial charge on any atom is 0.228 e. The van der Waals surface area contributed by atoms with E-state index < -0.39 is 0 Å². The zero-order valence-electron chi connectivity index (χ0n) is 12.3. The minimum Gasteiger partial charge on any atom is -0.342 e. The van der Waals surface area contributed by atoms with E-state index in [1.165, 1.54) is 19.3 Å². The number of rotatable bonds is 1. The summed E-state index contributed by atoms with van der Waals surface area (Å²) in [6, 6.07) is 0. The molecule has 0 N–H and O–H groups in total. The van der Waals surface area contributed by atoms with Crippen LogP contribution in [0.15, 0.2) is 0 Å². The SMILES string of the molecule is O=C1CCCN(C(=O)C23CC4CC(CC(C4)C2)C3)CC1. The van der Waals surface area contributed by atoms with Crippen molar-refractivity contribution in [1.82, 2.24) is 4.90 Å². The molecule has 0 atom stereocenters. The first-order valence-corrected chi connectivity index (χ1v) is 8.46. The Balaban J connectivity index is 1.54. The Labute approximate surface area is 121 Å². The van der Waals surface area contributed by atoms with Crippen LogP contribution >= 0.6 is 0 Å². The van der Waals surface area contributed by atoms with Gasteiger partial charge in [0.15, 0.2) is 0 Å². The van der Waals surface area contributed by atoms with E-state index in [0.29, 0.717) is 31.1 Å². The largest absolute Gasteiger partial charge is 0.342 e. The van der Waals surface area contributed by atoms with Crippen LogP contribution in [0.5, 0.6) is 0 Å². The van der Waals surface area contributed by atoms with E-state index in [9.17, 15) is 9.59 Å². The molecule has 0 aromatic carbocycles. The second-order valence-electron chi connectivity index (χ2n) is 7.88. The second-order valence-corrected chi connectivity index (χ2v) is 7.88. The van der Waals surface area contributed by atoms with Gasteiger partial charge >= 0.3 is 0 Å². The highest BCUT2D eigenvalue weighted by Crippen LogP contribution is 2.60. The number of hydrogen-bond acceptors (Lipinski definition) is 2. The Morgan fingerprint density at radius 2 is 1.55 bits per heavy atom. The summed E-state index contributed by atoms with van der Waals surface area (Å²) in [6.45, 7) is 1.49. The van der Waals surface area contributed by atoms with Crippen molar-refractivity contribution in [3.05, 3.63) is 0 Å². The molecule has 0 aromatic heterocycles. The van der Waals surface area contributed by atoms with Crippen LogP contribution in [0.3, 0.4) is 0 Å². The molecule has 3 heteroatoms. The van der Waals surface area contributed by atoms with Crippen molar-refractivity contribution < 1.29 is 9.59 Å². The minimum atomic E-state index is -0.0257. The number of likely N-dealkylation sites (tertiary alicyclic amines) is 1. The molecule has 0 spiro atoms. The third-order valence-electron chi connectivity index (χ3n) is 6.32. The summed E-state index contributed by atoms with van der Waals surface area (Å²) in [5.74, 6) is 3.20. The molecule has 5 fully saturated rings. The molecule has 5 rings (SSSR count). The molecular weight excluding hydrogens is 250 g/mol. The highest BCUT2D eigenvalue weighted by Gasteiger charge is 2.55. The zero-order chi connectivity index (χ0) is 13.7. The molecule has 110 valence electrons.